The van der Waals surface area contributed by atoms with Crippen LogP contribution in [-0.2, 0) is 4.79 Å². The van der Waals surface area contributed by atoms with Gasteiger partial charge in [0.1, 0.15) is 0 Å². The summed E-state index contributed by atoms with van der Waals surface area (Å²) in [5.74, 6) is -0.872. The number of carboxylic acid groups (broad SMARTS) is 1. The average molecular weight is 196 g/mol. The van der Waals surface area contributed by atoms with E-state index in [2.05, 4.69) is 0 Å². The molecule has 0 radical (unpaired) electrons. The van der Waals surface area contributed by atoms with Gasteiger partial charge in [-0.3, -0.25) is 0 Å². The van der Waals surface area contributed by atoms with Crippen molar-refractivity contribution < 1.29 is 9.90 Å². The van der Waals surface area contributed by atoms with Crippen LogP contribution in [0.2, 0.25) is 0 Å². The van der Waals surface area contributed by atoms with Gasteiger partial charge >= 0.3 is 5.97 Å². The van der Waals surface area contributed by atoms with Gasteiger partial charge in [-0.1, -0.05) is 6.92 Å². The van der Waals surface area contributed by atoms with E-state index in [4.69, 9.17) is 5.11 Å². The van der Waals surface area contributed by atoms with Crippen LogP contribution in [0.25, 0.3) is 5.57 Å². The fraction of sp³-hybridized carbons (Fsp3) is 0.300. The summed E-state index contributed by atoms with van der Waals surface area (Å²) >= 11 is 1.63. The molecule has 0 saturated heterocycles. The standard InChI is InChI=1S/C10H12O2S/c1-3-8(6-10(11)12)9-5-4-7(2)13-9/h4-6H,3H2,1-2H3,(H,11,12)/b8-6+. The number of allylic oxidation sites excluding steroid dienone is 1. The predicted molar refractivity (Wildman–Crippen MR) is 55.0 cm³/mol. The maximum Gasteiger partial charge on any atom is 0.328 e. The molecule has 1 heterocycles. The van der Waals surface area contributed by atoms with E-state index in [1.165, 1.54) is 11.0 Å². The fourth-order valence-electron chi connectivity index (χ4n) is 1.10. The van der Waals surface area contributed by atoms with Gasteiger partial charge in [-0.05, 0) is 31.1 Å². The predicted octanol–water partition coefficient (Wildman–Crippen LogP) is 2.93. The zero-order valence-corrected chi connectivity index (χ0v) is 8.52. The van der Waals surface area contributed by atoms with Crippen molar-refractivity contribution in [2.45, 2.75) is 20.3 Å². The zero-order chi connectivity index (χ0) is 9.84. The summed E-state index contributed by atoms with van der Waals surface area (Å²) in [6, 6.07) is 3.98. The summed E-state index contributed by atoms with van der Waals surface area (Å²) in [6.07, 6.45) is 2.04. The molecule has 0 atom stereocenters. The average Bonchev–Trinajstić information content (AvgIpc) is 2.47. The second-order valence-electron chi connectivity index (χ2n) is 2.77. The normalized spacial score (nSPS) is 11.7. The number of hydrogen-bond donors (Lipinski definition) is 1. The highest BCUT2D eigenvalue weighted by atomic mass is 32.1. The van der Waals surface area contributed by atoms with Crippen molar-refractivity contribution in [2.24, 2.45) is 0 Å². The molecule has 0 aromatic carbocycles. The zero-order valence-electron chi connectivity index (χ0n) is 7.70. The van der Waals surface area contributed by atoms with Gasteiger partial charge in [-0.25, -0.2) is 4.79 Å². The van der Waals surface area contributed by atoms with Gasteiger partial charge in [0.2, 0.25) is 0 Å². The molecule has 13 heavy (non-hydrogen) atoms. The lowest BCUT2D eigenvalue weighted by Crippen LogP contribution is -1.89. The van der Waals surface area contributed by atoms with Crippen molar-refractivity contribution in [3.63, 3.8) is 0 Å². The van der Waals surface area contributed by atoms with Gasteiger partial charge in [-0.15, -0.1) is 11.3 Å². The SMILES string of the molecule is CC/C(=C\C(=O)O)c1ccc(C)s1. The van der Waals surface area contributed by atoms with Gasteiger partial charge < -0.3 is 5.11 Å². The monoisotopic (exact) mass is 196 g/mol. The molecule has 0 aliphatic carbocycles. The quantitative estimate of drug-likeness (QED) is 0.755. The molecule has 0 unspecified atom stereocenters. The Balaban J connectivity index is 2.97. The molecular weight excluding hydrogens is 184 g/mol. The summed E-state index contributed by atoms with van der Waals surface area (Å²) in [5.41, 5.74) is 0.894. The lowest BCUT2D eigenvalue weighted by atomic mass is 10.1. The molecule has 0 aliphatic heterocycles. The van der Waals surface area contributed by atoms with Crippen LogP contribution in [0.4, 0.5) is 0 Å². The van der Waals surface area contributed by atoms with Gasteiger partial charge in [0.25, 0.3) is 0 Å². The summed E-state index contributed by atoms with van der Waals surface area (Å²) in [6.45, 7) is 3.98. The summed E-state index contributed by atoms with van der Waals surface area (Å²) in [4.78, 5) is 12.7. The number of aliphatic carboxylic acids is 1. The second-order valence-corrected chi connectivity index (χ2v) is 4.06. The maximum absolute atomic E-state index is 10.5. The number of carboxylic acids is 1. The first kappa shape index (κ1) is 9.99. The third-order valence-electron chi connectivity index (χ3n) is 1.74. The summed E-state index contributed by atoms with van der Waals surface area (Å²) < 4.78 is 0. The summed E-state index contributed by atoms with van der Waals surface area (Å²) in [5, 5.41) is 8.61. The molecule has 0 amide bonds. The van der Waals surface area contributed by atoms with Crippen molar-refractivity contribution in [3.05, 3.63) is 28.0 Å². The second kappa shape index (κ2) is 4.23. The highest BCUT2D eigenvalue weighted by Gasteiger charge is 2.03. The van der Waals surface area contributed by atoms with Crippen molar-refractivity contribution in [1.29, 1.82) is 0 Å². The number of rotatable bonds is 3. The first-order valence-corrected chi connectivity index (χ1v) is 4.95. The Bertz CT molecular complexity index is 336. The van der Waals surface area contributed by atoms with E-state index in [1.54, 1.807) is 11.3 Å². The van der Waals surface area contributed by atoms with Crippen LogP contribution in [0.5, 0.6) is 0 Å². The Kier molecular flexibility index (Phi) is 3.25. The van der Waals surface area contributed by atoms with E-state index in [0.717, 1.165) is 16.9 Å². The lowest BCUT2D eigenvalue weighted by molar-refractivity contribution is -0.131. The topological polar surface area (TPSA) is 37.3 Å². The minimum Gasteiger partial charge on any atom is -0.478 e. The molecule has 1 aromatic rings. The van der Waals surface area contributed by atoms with Gasteiger partial charge in [0.05, 0.1) is 0 Å². The summed E-state index contributed by atoms with van der Waals surface area (Å²) in [7, 11) is 0. The lowest BCUT2D eigenvalue weighted by Gasteiger charge is -1.97. The smallest absolute Gasteiger partial charge is 0.328 e. The van der Waals surface area contributed by atoms with Crippen molar-refractivity contribution in [3.8, 4) is 0 Å². The molecule has 0 spiro atoms. The number of aryl methyl sites for hydroxylation is 1. The Morgan fingerprint density at radius 1 is 1.62 bits per heavy atom. The van der Waals surface area contributed by atoms with Crippen LogP contribution in [0.1, 0.15) is 23.1 Å². The molecule has 0 saturated carbocycles. The molecule has 0 fully saturated rings. The molecule has 1 N–H and O–H groups in total. The molecule has 70 valence electrons. The molecule has 0 aliphatic rings. The van der Waals surface area contributed by atoms with Crippen LogP contribution in [-0.4, -0.2) is 11.1 Å². The molecule has 0 bridgehead atoms. The fourth-order valence-corrected chi connectivity index (χ4v) is 2.06. The van der Waals surface area contributed by atoms with Crippen LogP contribution < -0.4 is 0 Å². The van der Waals surface area contributed by atoms with E-state index in [1.807, 2.05) is 26.0 Å². The van der Waals surface area contributed by atoms with Crippen LogP contribution >= 0.6 is 11.3 Å². The largest absolute Gasteiger partial charge is 0.478 e. The Labute approximate surface area is 81.5 Å². The van der Waals surface area contributed by atoms with Crippen molar-refractivity contribution in [2.75, 3.05) is 0 Å². The van der Waals surface area contributed by atoms with E-state index in [-0.39, 0.29) is 0 Å². The van der Waals surface area contributed by atoms with E-state index >= 15 is 0 Å². The van der Waals surface area contributed by atoms with E-state index in [9.17, 15) is 4.79 Å². The van der Waals surface area contributed by atoms with Gasteiger partial charge in [0.15, 0.2) is 0 Å². The van der Waals surface area contributed by atoms with Crippen molar-refractivity contribution >= 4 is 22.9 Å². The molecule has 1 aromatic heterocycles. The number of hydrogen-bond acceptors (Lipinski definition) is 2. The Morgan fingerprint density at radius 3 is 2.69 bits per heavy atom. The number of thiophene rings is 1. The van der Waals surface area contributed by atoms with Gasteiger partial charge in [0, 0.05) is 15.8 Å². The molecule has 3 heteroatoms. The van der Waals surface area contributed by atoms with E-state index < -0.39 is 5.97 Å². The maximum atomic E-state index is 10.5. The number of carbonyl (C=O) groups is 1. The highest BCUT2D eigenvalue weighted by molar-refractivity contribution is 7.13. The first-order valence-electron chi connectivity index (χ1n) is 4.13. The first-order chi connectivity index (χ1) is 6.13. The molecule has 2 nitrogen and oxygen atoms in total. The third-order valence-corrected chi connectivity index (χ3v) is 2.81. The Hall–Kier alpha value is -1.09. The molecule has 1 rings (SSSR count). The Morgan fingerprint density at radius 2 is 2.31 bits per heavy atom. The van der Waals surface area contributed by atoms with E-state index in [0.29, 0.717) is 0 Å². The third kappa shape index (κ3) is 2.70. The minimum absolute atomic E-state index is 0.756. The highest BCUT2D eigenvalue weighted by Crippen LogP contribution is 2.25. The van der Waals surface area contributed by atoms with Crippen LogP contribution in [0.15, 0.2) is 18.2 Å². The van der Waals surface area contributed by atoms with Gasteiger partial charge in [-0.2, -0.15) is 0 Å². The minimum atomic E-state index is -0.872. The molecular formula is C10H12O2S. The van der Waals surface area contributed by atoms with Crippen LogP contribution in [0, 0.1) is 6.92 Å². The van der Waals surface area contributed by atoms with Crippen LogP contribution in [0.3, 0.4) is 0 Å². The van der Waals surface area contributed by atoms with Crippen molar-refractivity contribution in [1.82, 2.24) is 0 Å².